The Bertz CT molecular complexity index is 1410. The number of hydrogen-bond donors (Lipinski definition) is 2. The highest BCUT2D eigenvalue weighted by Crippen LogP contribution is 2.29. The molecule has 1 aromatic heterocycles. The lowest BCUT2D eigenvalue weighted by molar-refractivity contribution is -0.122. The molecule has 0 aliphatic carbocycles. The highest BCUT2D eigenvalue weighted by atomic mass is 79.9. The number of urea groups is 1. The number of nitrogens with one attached hydrogen (secondary N) is 1. The van der Waals surface area contributed by atoms with Gasteiger partial charge in [0, 0.05) is 24.4 Å². The van der Waals surface area contributed by atoms with Crippen molar-refractivity contribution in [2.75, 3.05) is 18.5 Å². The monoisotopic (exact) mass is 576 g/mol. The third-order valence-electron chi connectivity index (χ3n) is 6.05. The summed E-state index contributed by atoms with van der Waals surface area (Å²) in [6.07, 6.45) is -0.845. The Morgan fingerprint density at radius 3 is 2.65 bits per heavy atom. The summed E-state index contributed by atoms with van der Waals surface area (Å²) in [5.74, 6) is -2.02. The number of halogens is 3. The molecule has 194 valence electrons. The summed E-state index contributed by atoms with van der Waals surface area (Å²) in [5, 5.41) is 3.15. The van der Waals surface area contributed by atoms with Crippen LogP contribution in [0.2, 0.25) is 0 Å². The average molecular weight is 577 g/mol. The molecule has 2 atom stereocenters. The number of carbonyl (C=O) groups is 4. The van der Waals surface area contributed by atoms with Gasteiger partial charge in [-0.3, -0.25) is 9.36 Å². The average Bonchev–Trinajstić information content (AvgIpc) is 3.43. The molecule has 3 aromatic rings. The standard InChI is InChI=1S/C25H23BrF2N4O5/c1-2-37-23(34)14-7-13(22(28)17(26)8-14)9-21(33)20-10-15(27)11-32(20)25(36)30-18-12-31(24(29)35)19-6-4-3-5-16(18)19/h3-8,12,15,20H,2,9-11H2,1H3,(H2,29,35)(H,30,36)/t15-,20+/m1/s1. The molecule has 4 rings (SSSR count). The predicted octanol–water partition coefficient (Wildman–Crippen LogP) is 4.40. The molecule has 1 aliphatic rings. The highest BCUT2D eigenvalue weighted by molar-refractivity contribution is 9.10. The molecular formula is C25H23BrF2N4O5. The molecule has 37 heavy (non-hydrogen) atoms. The summed E-state index contributed by atoms with van der Waals surface area (Å²) >= 11 is 3.04. The fourth-order valence-electron chi connectivity index (χ4n) is 4.38. The van der Waals surface area contributed by atoms with Crippen LogP contribution in [0.1, 0.15) is 29.3 Å². The number of rotatable bonds is 6. The number of amides is 3. The molecule has 0 unspecified atom stereocenters. The van der Waals surface area contributed by atoms with Crippen molar-refractivity contribution in [3.8, 4) is 0 Å². The number of ether oxygens (including phenoxy) is 1. The lowest BCUT2D eigenvalue weighted by Gasteiger charge is -2.23. The van der Waals surface area contributed by atoms with E-state index < -0.39 is 48.3 Å². The van der Waals surface area contributed by atoms with Gasteiger partial charge in [0.1, 0.15) is 12.0 Å². The van der Waals surface area contributed by atoms with E-state index in [0.717, 1.165) is 9.47 Å². The Morgan fingerprint density at radius 1 is 1.22 bits per heavy atom. The second-order valence-corrected chi connectivity index (χ2v) is 9.35. The second-order valence-electron chi connectivity index (χ2n) is 8.49. The molecule has 2 aromatic carbocycles. The van der Waals surface area contributed by atoms with E-state index in [2.05, 4.69) is 21.2 Å². The van der Waals surface area contributed by atoms with E-state index in [1.54, 1.807) is 31.2 Å². The fraction of sp³-hybridized carbons (Fsp3) is 0.280. The SMILES string of the molecule is CCOC(=O)c1cc(Br)c(F)c(CC(=O)[C@@H]2C[C@@H](F)CN2C(=O)Nc2cn(C(N)=O)c3ccccc23)c1. The predicted molar refractivity (Wildman–Crippen MR) is 135 cm³/mol. The van der Waals surface area contributed by atoms with Crippen LogP contribution >= 0.6 is 15.9 Å². The van der Waals surface area contributed by atoms with Gasteiger partial charge in [0.05, 0.1) is 40.4 Å². The van der Waals surface area contributed by atoms with E-state index in [9.17, 15) is 28.0 Å². The van der Waals surface area contributed by atoms with Crippen molar-refractivity contribution < 1.29 is 32.7 Å². The number of nitrogens with two attached hydrogens (primary N) is 1. The molecule has 3 N–H and O–H groups in total. The minimum absolute atomic E-state index is 0.0314. The molecule has 3 amide bonds. The van der Waals surface area contributed by atoms with Gasteiger partial charge in [0.2, 0.25) is 0 Å². The van der Waals surface area contributed by atoms with Gasteiger partial charge in [-0.15, -0.1) is 0 Å². The van der Waals surface area contributed by atoms with E-state index in [0.29, 0.717) is 10.9 Å². The Kier molecular flexibility index (Phi) is 7.58. The van der Waals surface area contributed by atoms with E-state index in [1.807, 2.05) is 0 Å². The molecular weight excluding hydrogens is 554 g/mol. The van der Waals surface area contributed by atoms with Crippen LogP contribution in [-0.2, 0) is 16.0 Å². The first-order valence-corrected chi connectivity index (χ1v) is 12.2. The smallest absolute Gasteiger partial charge is 0.338 e. The largest absolute Gasteiger partial charge is 0.462 e. The topological polar surface area (TPSA) is 124 Å². The van der Waals surface area contributed by atoms with Crippen LogP contribution in [0.25, 0.3) is 10.9 Å². The molecule has 0 spiro atoms. The Morgan fingerprint density at radius 2 is 1.95 bits per heavy atom. The molecule has 1 saturated heterocycles. The van der Waals surface area contributed by atoms with Gasteiger partial charge >= 0.3 is 18.0 Å². The maximum atomic E-state index is 14.8. The van der Waals surface area contributed by atoms with Gasteiger partial charge in [0.15, 0.2) is 5.78 Å². The van der Waals surface area contributed by atoms with Crippen LogP contribution in [0, 0.1) is 5.82 Å². The van der Waals surface area contributed by atoms with Crippen LogP contribution in [0.15, 0.2) is 47.1 Å². The quantitative estimate of drug-likeness (QED) is 0.421. The number of hydrogen-bond acceptors (Lipinski definition) is 5. The number of aromatic nitrogens is 1. The summed E-state index contributed by atoms with van der Waals surface area (Å²) in [6.45, 7) is 1.40. The van der Waals surface area contributed by atoms with Crippen LogP contribution in [0.3, 0.4) is 0 Å². The van der Waals surface area contributed by atoms with Crippen molar-refractivity contribution in [3.63, 3.8) is 0 Å². The number of esters is 1. The number of likely N-dealkylation sites (tertiary alicyclic amines) is 1. The van der Waals surface area contributed by atoms with Gasteiger partial charge in [-0.2, -0.15) is 0 Å². The third kappa shape index (κ3) is 5.33. The van der Waals surface area contributed by atoms with Gasteiger partial charge < -0.3 is 20.7 Å². The number of primary amides is 1. The Hall–Kier alpha value is -3.80. The van der Waals surface area contributed by atoms with Crippen LogP contribution in [0.5, 0.6) is 0 Å². The molecule has 0 bridgehead atoms. The first kappa shape index (κ1) is 26.3. The number of nitrogens with zero attached hydrogens (tertiary/aromatic N) is 2. The van der Waals surface area contributed by atoms with Crippen molar-refractivity contribution in [1.29, 1.82) is 0 Å². The van der Waals surface area contributed by atoms with Gasteiger partial charge in [-0.25, -0.2) is 23.2 Å². The summed E-state index contributed by atoms with van der Waals surface area (Å²) in [5.41, 5.74) is 6.09. The number of ketones is 1. The lowest BCUT2D eigenvalue weighted by Crippen LogP contribution is -2.43. The van der Waals surface area contributed by atoms with E-state index in [1.165, 1.54) is 18.3 Å². The van der Waals surface area contributed by atoms with Crippen molar-refractivity contribution in [3.05, 3.63) is 64.0 Å². The van der Waals surface area contributed by atoms with E-state index in [-0.39, 0.29) is 40.9 Å². The van der Waals surface area contributed by atoms with Crippen LogP contribution < -0.4 is 11.1 Å². The summed E-state index contributed by atoms with van der Waals surface area (Å²) in [4.78, 5) is 51.2. The van der Waals surface area contributed by atoms with Gasteiger partial charge in [0.25, 0.3) is 0 Å². The molecule has 1 aliphatic heterocycles. The Balaban J connectivity index is 1.56. The first-order valence-electron chi connectivity index (χ1n) is 11.4. The molecule has 0 radical (unpaired) electrons. The zero-order valence-corrected chi connectivity index (χ0v) is 21.3. The van der Waals surface area contributed by atoms with Gasteiger partial charge in [-0.05, 0) is 46.6 Å². The normalized spacial score (nSPS) is 17.1. The summed E-state index contributed by atoms with van der Waals surface area (Å²) < 4.78 is 35.2. The Labute approximate surface area is 218 Å². The minimum atomic E-state index is -1.46. The molecule has 9 nitrogen and oxygen atoms in total. The minimum Gasteiger partial charge on any atom is -0.462 e. The third-order valence-corrected chi connectivity index (χ3v) is 6.63. The lowest BCUT2D eigenvalue weighted by atomic mass is 9.99. The van der Waals surface area contributed by atoms with E-state index >= 15 is 0 Å². The number of fused-ring (bicyclic) bond motifs is 1. The van der Waals surface area contributed by atoms with Crippen LogP contribution in [-0.4, -0.2) is 58.6 Å². The zero-order chi connectivity index (χ0) is 26.9. The van der Waals surface area contributed by atoms with Crippen molar-refractivity contribution in [1.82, 2.24) is 9.47 Å². The molecule has 1 fully saturated rings. The van der Waals surface area contributed by atoms with Crippen molar-refractivity contribution in [2.45, 2.75) is 32.0 Å². The fourth-order valence-corrected chi connectivity index (χ4v) is 4.88. The van der Waals surface area contributed by atoms with Crippen LogP contribution in [0.4, 0.5) is 24.1 Å². The maximum absolute atomic E-state index is 14.8. The van der Waals surface area contributed by atoms with Crippen molar-refractivity contribution in [2.24, 2.45) is 5.73 Å². The maximum Gasteiger partial charge on any atom is 0.338 e. The molecule has 12 heteroatoms. The zero-order valence-electron chi connectivity index (χ0n) is 19.7. The van der Waals surface area contributed by atoms with Crippen molar-refractivity contribution >= 4 is 56.3 Å². The molecule has 0 saturated carbocycles. The molecule has 2 heterocycles. The second kappa shape index (κ2) is 10.7. The summed E-state index contributed by atoms with van der Waals surface area (Å²) in [6, 6.07) is 6.51. The first-order chi connectivity index (χ1) is 17.6. The number of benzene rings is 2. The number of Topliss-reactive ketones (excluding diaryl/α,β-unsaturated/α-hetero) is 1. The number of alkyl halides is 1. The number of anilines is 1. The number of para-hydroxylation sites is 1. The summed E-state index contributed by atoms with van der Waals surface area (Å²) in [7, 11) is 0. The van der Waals surface area contributed by atoms with E-state index in [4.69, 9.17) is 10.5 Å². The van der Waals surface area contributed by atoms with Gasteiger partial charge in [-0.1, -0.05) is 18.2 Å². The number of carbonyl (C=O) groups excluding carboxylic acids is 4. The highest BCUT2D eigenvalue weighted by Gasteiger charge is 2.40.